The van der Waals surface area contributed by atoms with E-state index in [1.807, 2.05) is 32.9 Å². The molecular weight excluding hydrogens is 480 g/mol. The Morgan fingerprint density at radius 1 is 1.11 bits per heavy atom. The summed E-state index contributed by atoms with van der Waals surface area (Å²) in [4.78, 5) is 49.8. The van der Waals surface area contributed by atoms with E-state index in [9.17, 15) is 14.4 Å². The molecule has 2 amide bonds. The molecule has 3 aromatic rings. The number of aromatic nitrogens is 4. The van der Waals surface area contributed by atoms with Crippen LogP contribution in [0.1, 0.15) is 75.8 Å². The summed E-state index contributed by atoms with van der Waals surface area (Å²) in [5, 5.41) is 8.28. The van der Waals surface area contributed by atoms with Crippen LogP contribution in [0.5, 0.6) is 0 Å². The highest BCUT2D eigenvalue weighted by atomic mass is 16.2. The van der Waals surface area contributed by atoms with Gasteiger partial charge in [0.05, 0.1) is 5.52 Å². The van der Waals surface area contributed by atoms with Gasteiger partial charge in [0.2, 0.25) is 11.8 Å². The molecule has 1 aromatic carbocycles. The molecule has 3 heterocycles. The van der Waals surface area contributed by atoms with Crippen LogP contribution >= 0.6 is 0 Å². The maximum atomic E-state index is 13.8. The standard InChI is InChI=1S/C29H38N6O3/c1-8-9-10-30-28(38)24-13-29(6,7)19(4)35(24)25(37)16-34-27-17(2)11-21(22-14-31-20(5)32-15-22)12-23(27)26(33-34)18(3)36/h11-12,14-15,19,24H,8-10,13,16H2,1-7H3,(H,30,38)/t19-,24+/m1/s1. The van der Waals surface area contributed by atoms with Crippen molar-refractivity contribution >= 4 is 28.5 Å². The minimum absolute atomic E-state index is 0.0588. The topological polar surface area (TPSA) is 110 Å². The average Bonchev–Trinajstić information content (AvgIpc) is 3.34. The predicted octanol–water partition coefficient (Wildman–Crippen LogP) is 4.24. The largest absolute Gasteiger partial charge is 0.354 e. The van der Waals surface area contributed by atoms with Crippen molar-refractivity contribution in [1.82, 2.24) is 30.0 Å². The Labute approximate surface area is 224 Å². The molecule has 9 heteroatoms. The number of aryl methyl sites for hydroxylation is 2. The molecule has 2 atom stereocenters. The number of likely N-dealkylation sites (tertiary alicyclic amines) is 1. The molecule has 1 fully saturated rings. The van der Waals surface area contributed by atoms with Gasteiger partial charge in [-0.2, -0.15) is 5.10 Å². The number of nitrogens with zero attached hydrogens (tertiary/aromatic N) is 5. The van der Waals surface area contributed by atoms with Crippen molar-refractivity contribution in [3.8, 4) is 11.1 Å². The number of carbonyl (C=O) groups excluding carboxylic acids is 3. The van der Waals surface area contributed by atoms with E-state index in [0.717, 1.165) is 35.0 Å². The van der Waals surface area contributed by atoms with Gasteiger partial charge in [-0.1, -0.05) is 27.2 Å². The van der Waals surface area contributed by atoms with E-state index >= 15 is 0 Å². The lowest BCUT2D eigenvalue weighted by Gasteiger charge is -2.31. The number of amides is 2. The van der Waals surface area contributed by atoms with Crippen LogP contribution in [0.3, 0.4) is 0 Å². The van der Waals surface area contributed by atoms with E-state index in [2.05, 4.69) is 41.2 Å². The van der Waals surface area contributed by atoms with Gasteiger partial charge in [-0.05, 0) is 62.3 Å². The van der Waals surface area contributed by atoms with Gasteiger partial charge >= 0.3 is 0 Å². The number of hydrogen-bond donors (Lipinski definition) is 1. The van der Waals surface area contributed by atoms with Gasteiger partial charge < -0.3 is 10.2 Å². The Hall–Kier alpha value is -3.62. The van der Waals surface area contributed by atoms with Crippen molar-refractivity contribution in [2.75, 3.05) is 6.54 Å². The molecule has 0 bridgehead atoms. The van der Waals surface area contributed by atoms with E-state index < -0.39 is 6.04 Å². The third-order valence-corrected chi connectivity index (χ3v) is 7.79. The smallest absolute Gasteiger partial charge is 0.245 e. The number of rotatable bonds is 8. The monoisotopic (exact) mass is 518 g/mol. The van der Waals surface area contributed by atoms with E-state index in [-0.39, 0.29) is 35.6 Å². The van der Waals surface area contributed by atoms with Gasteiger partial charge in [0.15, 0.2) is 5.78 Å². The Morgan fingerprint density at radius 3 is 2.42 bits per heavy atom. The molecule has 2 aromatic heterocycles. The van der Waals surface area contributed by atoms with Crippen LogP contribution in [0.2, 0.25) is 0 Å². The normalized spacial score (nSPS) is 18.7. The number of carbonyl (C=O) groups is 3. The lowest BCUT2D eigenvalue weighted by Crippen LogP contribution is -2.50. The fraction of sp³-hybridized carbons (Fsp3) is 0.517. The predicted molar refractivity (Wildman–Crippen MR) is 147 cm³/mol. The second kappa shape index (κ2) is 10.6. The second-order valence-corrected chi connectivity index (χ2v) is 11.1. The maximum Gasteiger partial charge on any atom is 0.245 e. The Bertz CT molecular complexity index is 1380. The van der Waals surface area contributed by atoms with Crippen LogP contribution < -0.4 is 5.32 Å². The van der Waals surface area contributed by atoms with Crippen LogP contribution in [0.15, 0.2) is 24.5 Å². The molecule has 9 nitrogen and oxygen atoms in total. The lowest BCUT2D eigenvalue weighted by molar-refractivity contribution is -0.141. The van der Waals surface area contributed by atoms with Crippen molar-refractivity contribution < 1.29 is 14.4 Å². The summed E-state index contributed by atoms with van der Waals surface area (Å²) in [6, 6.07) is 3.24. The van der Waals surface area contributed by atoms with Crippen molar-refractivity contribution in [2.45, 2.75) is 86.4 Å². The highest BCUT2D eigenvalue weighted by molar-refractivity contribution is 6.07. The SMILES string of the molecule is CCCCNC(=O)[C@@H]1CC(C)(C)[C@@H](C)N1C(=O)Cn1nc(C(C)=O)c2cc(-c3cnc(C)nc3)cc(C)c21. The van der Waals surface area contributed by atoms with Crippen molar-refractivity contribution in [1.29, 1.82) is 0 Å². The van der Waals surface area contributed by atoms with Gasteiger partial charge in [-0.25, -0.2) is 9.97 Å². The van der Waals surface area contributed by atoms with Gasteiger partial charge in [0, 0.05) is 42.9 Å². The average molecular weight is 519 g/mol. The van der Waals surface area contributed by atoms with Crippen LogP contribution in [0.4, 0.5) is 0 Å². The molecule has 1 N–H and O–H groups in total. The van der Waals surface area contributed by atoms with Gasteiger partial charge in [0.1, 0.15) is 24.1 Å². The van der Waals surface area contributed by atoms with Crippen molar-refractivity contribution in [2.24, 2.45) is 5.41 Å². The Morgan fingerprint density at radius 2 is 1.79 bits per heavy atom. The van der Waals surface area contributed by atoms with E-state index in [0.29, 0.717) is 29.9 Å². The molecule has 4 rings (SSSR count). The molecule has 1 aliphatic rings. The van der Waals surface area contributed by atoms with Gasteiger partial charge in [0.25, 0.3) is 0 Å². The third-order valence-electron chi connectivity index (χ3n) is 7.79. The number of Topliss-reactive ketones (excluding diaryl/α,β-unsaturated/α-hetero) is 1. The van der Waals surface area contributed by atoms with Gasteiger partial charge in [-0.3, -0.25) is 19.1 Å². The summed E-state index contributed by atoms with van der Waals surface area (Å²) < 4.78 is 1.61. The highest BCUT2D eigenvalue weighted by Gasteiger charge is 2.49. The zero-order valence-corrected chi connectivity index (χ0v) is 23.5. The zero-order valence-electron chi connectivity index (χ0n) is 23.5. The Balaban J connectivity index is 1.70. The second-order valence-electron chi connectivity index (χ2n) is 11.1. The van der Waals surface area contributed by atoms with Crippen LogP contribution in [0.25, 0.3) is 22.0 Å². The first kappa shape index (κ1) is 27.4. The molecule has 0 unspecified atom stereocenters. The molecule has 0 aliphatic carbocycles. The third kappa shape index (κ3) is 5.19. The van der Waals surface area contributed by atoms with E-state index in [4.69, 9.17) is 0 Å². The minimum Gasteiger partial charge on any atom is -0.354 e. The highest BCUT2D eigenvalue weighted by Crippen LogP contribution is 2.40. The summed E-state index contributed by atoms with van der Waals surface area (Å²) in [7, 11) is 0. The minimum atomic E-state index is -0.535. The van der Waals surface area contributed by atoms with E-state index in [1.54, 1.807) is 22.0 Å². The fourth-order valence-electron chi connectivity index (χ4n) is 5.35. The molecule has 1 aliphatic heterocycles. The zero-order chi connectivity index (χ0) is 27.8. The first-order valence-electron chi connectivity index (χ1n) is 13.3. The van der Waals surface area contributed by atoms with Crippen LogP contribution in [-0.4, -0.2) is 60.9 Å². The summed E-state index contributed by atoms with van der Waals surface area (Å²) in [5.41, 5.74) is 3.44. The fourth-order valence-corrected chi connectivity index (χ4v) is 5.35. The number of fused-ring (bicyclic) bond motifs is 1. The van der Waals surface area contributed by atoms with Crippen LogP contribution in [-0.2, 0) is 16.1 Å². The molecular formula is C29H38N6O3. The number of unbranched alkanes of at least 4 members (excludes halogenated alkanes) is 1. The molecule has 202 valence electrons. The van der Waals surface area contributed by atoms with Crippen molar-refractivity contribution in [3.05, 3.63) is 41.6 Å². The summed E-state index contributed by atoms with van der Waals surface area (Å²) in [5.74, 6) is 0.203. The summed E-state index contributed by atoms with van der Waals surface area (Å²) in [6.07, 6.45) is 5.99. The number of nitrogens with one attached hydrogen (secondary N) is 1. The number of hydrogen-bond acceptors (Lipinski definition) is 6. The summed E-state index contributed by atoms with van der Waals surface area (Å²) >= 11 is 0. The van der Waals surface area contributed by atoms with E-state index in [1.165, 1.54) is 6.92 Å². The summed E-state index contributed by atoms with van der Waals surface area (Å²) in [6.45, 7) is 14.1. The van der Waals surface area contributed by atoms with Gasteiger partial charge in [-0.15, -0.1) is 0 Å². The molecule has 38 heavy (non-hydrogen) atoms. The molecule has 0 radical (unpaired) electrons. The van der Waals surface area contributed by atoms with Crippen molar-refractivity contribution in [3.63, 3.8) is 0 Å². The molecule has 0 spiro atoms. The Kier molecular flexibility index (Phi) is 7.67. The first-order chi connectivity index (χ1) is 17.9. The number of ketones is 1. The van der Waals surface area contributed by atoms with Crippen LogP contribution in [0, 0.1) is 19.3 Å². The lowest BCUT2D eigenvalue weighted by atomic mass is 9.84. The molecule has 0 saturated carbocycles. The maximum absolute atomic E-state index is 13.8. The quantitative estimate of drug-likeness (QED) is 0.353. The first-order valence-corrected chi connectivity index (χ1v) is 13.3. The molecule has 1 saturated heterocycles. The number of benzene rings is 1.